The number of rotatable bonds is 1. The molecule has 0 bridgehead atoms. The maximum Gasteiger partial charge on any atom is 0.132 e. The van der Waals surface area contributed by atoms with Gasteiger partial charge in [0.2, 0.25) is 0 Å². The second-order valence-electron chi connectivity index (χ2n) is 3.03. The highest BCUT2D eigenvalue weighted by atomic mass is 32.1. The van der Waals surface area contributed by atoms with Gasteiger partial charge in [0.25, 0.3) is 0 Å². The minimum atomic E-state index is -0.410. The third-order valence-electron chi connectivity index (χ3n) is 1.93. The fourth-order valence-electron chi connectivity index (χ4n) is 1.27. The van der Waals surface area contributed by atoms with Gasteiger partial charge in [0.05, 0.1) is 0 Å². The predicted molar refractivity (Wildman–Crippen MR) is 54.4 cm³/mol. The van der Waals surface area contributed by atoms with Gasteiger partial charge in [-0.05, 0) is 37.3 Å². The summed E-state index contributed by atoms with van der Waals surface area (Å²) in [6, 6.07) is 7.20. The van der Waals surface area contributed by atoms with Crippen molar-refractivity contribution in [1.29, 1.82) is 0 Å². The lowest BCUT2D eigenvalue weighted by Gasteiger charge is -1.99. The van der Waals surface area contributed by atoms with Gasteiger partial charge in [0, 0.05) is 15.3 Å². The summed E-state index contributed by atoms with van der Waals surface area (Å²) in [6.45, 7) is 1.94. The van der Waals surface area contributed by atoms with E-state index in [4.69, 9.17) is 0 Å². The van der Waals surface area contributed by atoms with Gasteiger partial charge < -0.3 is 0 Å². The standard InChI is InChI=1S/C11H8F2S/c1-7-2-5-11(14-7)9-6-8(12)3-4-10(9)13/h2-6H,1H3. The Balaban J connectivity index is 2.55. The molecule has 0 saturated heterocycles. The van der Waals surface area contributed by atoms with Gasteiger partial charge in [0.1, 0.15) is 11.6 Å². The zero-order chi connectivity index (χ0) is 10.1. The quantitative estimate of drug-likeness (QED) is 0.667. The van der Waals surface area contributed by atoms with Crippen molar-refractivity contribution in [3.05, 3.63) is 46.8 Å². The second-order valence-corrected chi connectivity index (χ2v) is 4.32. The van der Waals surface area contributed by atoms with Crippen LogP contribution in [0.1, 0.15) is 4.88 Å². The molecule has 2 aromatic rings. The Kier molecular flexibility index (Phi) is 2.33. The van der Waals surface area contributed by atoms with Crippen molar-refractivity contribution in [3.63, 3.8) is 0 Å². The van der Waals surface area contributed by atoms with E-state index in [0.717, 1.165) is 21.9 Å². The van der Waals surface area contributed by atoms with E-state index in [-0.39, 0.29) is 5.82 Å². The van der Waals surface area contributed by atoms with Crippen molar-refractivity contribution in [2.45, 2.75) is 6.92 Å². The van der Waals surface area contributed by atoms with Crippen molar-refractivity contribution in [2.75, 3.05) is 0 Å². The Bertz CT molecular complexity index is 460. The number of halogens is 2. The summed E-state index contributed by atoms with van der Waals surface area (Å²) in [7, 11) is 0. The molecule has 2 rings (SSSR count). The maximum atomic E-state index is 13.3. The third-order valence-corrected chi connectivity index (χ3v) is 2.97. The summed E-state index contributed by atoms with van der Waals surface area (Å²) >= 11 is 1.46. The lowest BCUT2D eigenvalue weighted by molar-refractivity contribution is 0.603. The number of hydrogen-bond donors (Lipinski definition) is 0. The van der Waals surface area contributed by atoms with Crippen molar-refractivity contribution < 1.29 is 8.78 Å². The van der Waals surface area contributed by atoms with Gasteiger partial charge in [-0.1, -0.05) is 0 Å². The van der Waals surface area contributed by atoms with Crippen molar-refractivity contribution in [2.24, 2.45) is 0 Å². The Morgan fingerprint density at radius 2 is 1.86 bits per heavy atom. The number of thiophene rings is 1. The molecule has 72 valence electrons. The minimum absolute atomic E-state index is 0.336. The molecule has 0 amide bonds. The highest BCUT2D eigenvalue weighted by Crippen LogP contribution is 2.30. The van der Waals surface area contributed by atoms with Gasteiger partial charge in [-0.3, -0.25) is 0 Å². The number of benzene rings is 1. The van der Waals surface area contributed by atoms with Crippen LogP contribution in [0.5, 0.6) is 0 Å². The first-order valence-electron chi connectivity index (χ1n) is 4.18. The van der Waals surface area contributed by atoms with Crippen LogP contribution in [0.2, 0.25) is 0 Å². The van der Waals surface area contributed by atoms with E-state index in [1.54, 1.807) is 6.07 Å². The van der Waals surface area contributed by atoms with Gasteiger partial charge in [-0.15, -0.1) is 11.3 Å². The summed E-state index contributed by atoms with van der Waals surface area (Å²) in [5.74, 6) is -0.791. The Morgan fingerprint density at radius 3 is 2.50 bits per heavy atom. The molecule has 0 aliphatic rings. The molecular weight excluding hydrogens is 202 g/mol. The highest BCUT2D eigenvalue weighted by molar-refractivity contribution is 7.15. The normalized spacial score (nSPS) is 10.5. The summed E-state index contributed by atoms with van der Waals surface area (Å²) in [6.07, 6.45) is 0. The summed E-state index contributed by atoms with van der Waals surface area (Å²) in [5.41, 5.74) is 0.336. The van der Waals surface area contributed by atoms with E-state index in [0.29, 0.717) is 5.56 Å². The smallest absolute Gasteiger partial charge is 0.132 e. The predicted octanol–water partition coefficient (Wildman–Crippen LogP) is 4.00. The monoisotopic (exact) mass is 210 g/mol. The number of aryl methyl sites for hydroxylation is 1. The topological polar surface area (TPSA) is 0 Å². The Hall–Kier alpha value is -1.22. The molecule has 1 heterocycles. The fourth-order valence-corrected chi connectivity index (χ4v) is 2.15. The van der Waals surface area contributed by atoms with Gasteiger partial charge in [0.15, 0.2) is 0 Å². The largest absolute Gasteiger partial charge is 0.207 e. The third kappa shape index (κ3) is 1.68. The Morgan fingerprint density at radius 1 is 1.07 bits per heavy atom. The molecule has 14 heavy (non-hydrogen) atoms. The van der Waals surface area contributed by atoms with Gasteiger partial charge in [-0.25, -0.2) is 8.78 Å². The van der Waals surface area contributed by atoms with E-state index in [2.05, 4.69) is 0 Å². The lowest BCUT2D eigenvalue weighted by atomic mass is 10.2. The second kappa shape index (κ2) is 3.50. The average molecular weight is 210 g/mol. The molecule has 0 N–H and O–H groups in total. The summed E-state index contributed by atoms with van der Waals surface area (Å²) < 4.78 is 26.2. The van der Waals surface area contributed by atoms with Crippen LogP contribution < -0.4 is 0 Å². The first kappa shape index (κ1) is 9.34. The summed E-state index contributed by atoms with van der Waals surface area (Å²) in [4.78, 5) is 1.85. The zero-order valence-electron chi connectivity index (χ0n) is 7.55. The molecular formula is C11H8F2S. The molecule has 0 aliphatic carbocycles. The first-order chi connectivity index (χ1) is 6.66. The average Bonchev–Trinajstić information content (AvgIpc) is 2.56. The molecule has 0 nitrogen and oxygen atoms in total. The molecule has 0 unspecified atom stereocenters. The van der Waals surface area contributed by atoms with Crippen LogP contribution >= 0.6 is 11.3 Å². The summed E-state index contributed by atoms with van der Waals surface area (Å²) in [5, 5.41) is 0. The first-order valence-corrected chi connectivity index (χ1v) is 5.00. The maximum absolute atomic E-state index is 13.3. The van der Waals surface area contributed by atoms with E-state index in [1.807, 2.05) is 13.0 Å². The highest BCUT2D eigenvalue weighted by Gasteiger charge is 2.07. The fraction of sp³-hybridized carbons (Fsp3) is 0.0909. The molecule has 0 radical (unpaired) electrons. The van der Waals surface area contributed by atoms with Crippen LogP contribution in [0.25, 0.3) is 10.4 Å². The van der Waals surface area contributed by atoms with Crippen molar-refractivity contribution >= 4 is 11.3 Å². The van der Waals surface area contributed by atoms with E-state index >= 15 is 0 Å². The molecule has 0 saturated carbocycles. The molecule has 0 aliphatic heterocycles. The SMILES string of the molecule is Cc1ccc(-c2cc(F)ccc2F)s1. The van der Waals surface area contributed by atoms with Crippen LogP contribution in [0.3, 0.4) is 0 Å². The van der Waals surface area contributed by atoms with Crippen LogP contribution in [0.4, 0.5) is 8.78 Å². The van der Waals surface area contributed by atoms with Crippen LogP contribution in [0.15, 0.2) is 30.3 Å². The van der Waals surface area contributed by atoms with Crippen LogP contribution in [-0.2, 0) is 0 Å². The Labute approximate surface area is 84.8 Å². The molecule has 0 fully saturated rings. The molecule has 0 atom stereocenters. The van der Waals surface area contributed by atoms with Crippen molar-refractivity contribution in [3.8, 4) is 10.4 Å². The number of hydrogen-bond acceptors (Lipinski definition) is 1. The van der Waals surface area contributed by atoms with E-state index in [9.17, 15) is 8.78 Å². The zero-order valence-corrected chi connectivity index (χ0v) is 8.37. The molecule has 1 aromatic carbocycles. The molecule has 3 heteroatoms. The van der Waals surface area contributed by atoms with Gasteiger partial charge in [-0.2, -0.15) is 0 Å². The van der Waals surface area contributed by atoms with Crippen LogP contribution in [0, 0.1) is 18.6 Å². The molecule has 1 aromatic heterocycles. The molecule has 0 spiro atoms. The van der Waals surface area contributed by atoms with Gasteiger partial charge >= 0.3 is 0 Å². The lowest BCUT2D eigenvalue weighted by Crippen LogP contribution is -1.83. The van der Waals surface area contributed by atoms with Crippen molar-refractivity contribution in [1.82, 2.24) is 0 Å². The van der Waals surface area contributed by atoms with E-state index < -0.39 is 5.82 Å². The van der Waals surface area contributed by atoms with Crippen LogP contribution in [-0.4, -0.2) is 0 Å². The minimum Gasteiger partial charge on any atom is -0.207 e. The van der Waals surface area contributed by atoms with E-state index in [1.165, 1.54) is 17.4 Å².